The number of rotatable bonds is 4. The number of nitrogens with zero attached hydrogens (tertiary/aromatic N) is 1. The molecular weight excluding hydrogens is 324 g/mol. The molecule has 136 valence electrons. The van der Waals surface area contributed by atoms with Crippen molar-refractivity contribution in [2.24, 2.45) is 0 Å². The van der Waals surface area contributed by atoms with Gasteiger partial charge in [-0.15, -0.1) is 0 Å². The first-order valence-corrected chi connectivity index (χ1v) is 8.81. The van der Waals surface area contributed by atoms with E-state index in [2.05, 4.69) is 48.9 Å². The molecule has 0 unspecified atom stereocenters. The summed E-state index contributed by atoms with van der Waals surface area (Å²) in [4.78, 5) is 17.2. The lowest BCUT2D eigenvalue weighted by atomic mass is 9.85. The molecule has 2 aromatic carbocycles. The molecule has 26 heavy (non-hydrogen) atoms. The van der Waals surface area contributed by atoms with E-state index in [0.29, 0.717) is 0 Å². The lowest BCUT2D eigenvalue weighted by Gasteiger charge is -2.19. The van der Waals surface area contributed by atoms with Gasteiger partial charge in [-0.2, -0.15) is 0 Å². The van der Waals surface area contributed by atoms with E-state index in [1.165, 1.54) is 5.56 Å². The molecule has 0 fully saturated rings. The van der Waals surface area contributed by atoms with Gasteiger partial charge in [0, 0.05) is 17.5 Å². The summed E-state index contributed by atoms with van der Waals surface area (Å²) < 4.78 is 0. The standard InChI is InChI=1S/C22H26N2O2/c1-22(2,3)17-8-6-7-16-18(20(21(25)26)23-19(16)17)15-11-9-14(10-12-15)13-24(4)5/h6-12,23H,13H2,1-5H3,(H,25,26). The molecule has 0 saturated carbocycles. The van der Waals surface area contributed by atoms with E-state index < -0.39 is 5.97 Å². The van der Waals surface area contributed by atoms with E-state index in [9.17, 15) is 9.90 Å². The molecule has 0 aliphatic heterocycles. The Hall–Kier alpha value is -2.59. The fraction of sp³-hybridized carbons (Fsp3) is 0.318. The average Bonchev–Trinajstić information content (AvgIpc) is 2.93. The summed E-state index contributed by atoms with van der Waals surface area (Å²) >= 11 is 0. The van der Waals surface area contributed by atoms with Gasteiger partial charge in [0.25, 0.3) is 0 Å². The van der Waals surface area contributed by atoms with Gasteiger partial charge in [0.1, 0.15) is 5.69 Å². The van der Waals surface area contributed by atoms with Crippen LogP contribution in [0.2, 0.25) is 0 Å². The zero-order valence-corrected chi connectivity index (χ0v) is 16.1. The van der Waals surface area contributed by atoms with E-state index in [-0.39, 0.29) is 11.1 Å². The normalized spacial score (nSPS) is 12.1. The largest absolute Gasteiger partial charge is 0.477 e. The summed E-state index contributed by atoms with van der Waals surface area (Å²) in [6, 6.07) is 14.2. The maximum atomic E-state index is 11.9. The number of para-hydroxylation sites is 1. The fourth-order valence-corrected chi connectivity index (χ4v) is 3.44. The second-order valence-corrected chi connectivity index (χ2v) is 8.09. The minimum atomic E-state index is -0.937. The number of carbonyl (C=O) groups is 1. The highest BCUT2D eigenvalue weighted by Gasteiger charge is 2.24. The van der Waals surface area contributed by atoms with Gasteiger partial charge in [0.05, 0.1) is 5.52 Å². The van der Waals surface area contributed by atoms with Gasteiger partial charge in [0.15, 0.2) is 0 Å². The molecule has 0 bridgehead atoms. The maximum Gasteiger partial charge on any atom is 0.352 e. The van der Waals surface area contributed by atoms with Crippen LogP contribution in [0.4, 0.5) is 0 Å². The molecule has 1 heterocycles. The zero-order valence-electron chi connectivity index (χ0n) is 16.1. The summed E-state index contributed by atoms with van der Waals surface area (Å²) in [6.07, 6.45) is 0. The predicted octanol–water partition coefficient (Wildman–Crippen LogP) is 4.89. The Kier molecular flexibility index (Phi) is 4.63. The smallest absolute Gasteiger partial charge is 0.352 e. The van der Waals surface area contributed by atoms with Crippen molar-refractivity contribution in [1.29, 1.82) is 0 Å². The number of aromatic amines is 1. The third-order valence-electron chi connectivity index (χ3n) is 4.60. The second-order valence-electron chi connectivity index (χ2n) is 8.09. The van der Waals surface area contributed by atoms with Gasteiger partial charge in [-0.3, -0.25) is 0 Å². The van der Waals surface area contributed by atoms with Crippen molar-refractivity contribution in [2.45, 2.75) is 32.7 Å². The zero-order chi connectivity index (χ0) is 19.1. The topological polar surface area (TPSA) is 56.3 Å². The highest BCUT2D eigenvalue weighted by Crippen LogP contribution is 2.37. The van der Waals surface area contributed by atoms with Crippen molar-refractivity contribution in [3.63, 3.8) is 0 Å². The van der Waals surface area contributed by atoms with Crippen LogP contribution in [0.25, 0.3) is 22.0 Å². The predicted molar refractivity (Wildman–Crippen MR) is 107 cm³/mol. The molecule has 0 radical (unpaired) electrons. The van der Waals surface area contributed by atoms with Gasteiger partial charge in [-0.25, -0.2) is 4.79 Å². The molecule has 3 rings (SSSR count). The number of hydrogen-bond acceptors (Lipinski definition) is 2. The molecule has 1 aromatic heterocycles. The highest BCUT2D eigenvalue weighted by molar-refractivity contribution is 6.08. The van der Waals surface area contributed by atoms with Gasteiger partial charge in [0.2, 0.25) is 0 Å². The summed E-state index contributed by atoms with van der Waals surface area (Å²) in [6.45, 7) is 7.27. The van der Waals surface area contributed by atoms with Crippen molar-refractivity contribution in [1.82, 2.24) is 9.88 Å². The van der Waals surface area contributed by atoms with E-state index in [4.69, 9.17) is 0 Å². The molecular formula is C22H26N2O2. The number of aromatic nitrogens is 1. The first-order chi connectivity index (χ1) is 12.2. The molecule has 0 aliphatic rings. The third-order valence-corrected chi connectivity index (χ3v) is 4.60. The van der Waals surface area contributed by atoms with Gasteiger partial charge >= 0.3 is 5.97 Å². The van der Waals surface area contributed by atoms with E-state index in [1.807, 2.05) is 38.4 Å². The Morgan fingerprint density at radius 3 is 2.27 bits per heavy atom. The number of benzene rings is 2. The monoisotopic (exact) mass is 350 g/mol. The average molecular weight is 350 g/mol. The molecule has 2 N–H and O–H groups in total. The quantitative estimate of drug-likeness (QED) is 0.704. The number of nitrogens with one attached hydrogen (secondary N) is 1. The number of aromatic carboxylic acids is 1. The summed E-state index contributed by atoms with van der Waals surface area (Å²) in [5.41, 5.74) is 5.07. The third kappa shape index (κ3) is 3.37. The van der Waals surface area contributed by atoms with Crippen molar-refractivity contribution >= 4 is 16.9 Å². The fourth-order valence-electron chi connectivity index (χ4n) is 3.44. The number of hydrogen-bond donors (Lipinski definition) is 2. The molecule has 0 atom stereocenters. The first kappa shape index (κ1) is 18.2. The van der Waals surface area contributed by atoms with Crippen LogP contribution < -0.4 is 0 Å². The van der Waals surface area contributed by atoms with Crippen molar-refractivity contribution in [3.05, 3.63) is 59.3 Å². The van der Waals surface area contributed by atoms with Crippen LogP contribution in [0.3, 0.4) is 0 Å². The highest BCUT2D eigenvalue weighted by atomic mass is 16.4. The van der Waals surface area contributed by atoms with E-state index in [0.717, 1.165) is 34.1 Å². The lowest BCUT2D eigenvalue weighted by molar-refractivity contribution is 0.0692. The lowest BCUT2D eigenvalue weighted by Crippen LogP contribution is -2.11. The molecule has 0 amide bonds. The van der Waals surface area contributed by atoms with Crippen LogP contribution in [0.1, 0.15) is 42.4 Å². The molecule has 0 spiro atoms. The summed E-state index contributed by atoms with van der Waals surface area (Å²) in [5.74, 6) is -0.937. The molecule has 4 heteroatoms. The molecule has 0 saturated heterocycles. The summed E-state index contributed by atoms with van der Waals surface area (Å²) in [5, 5.41) is 10.7. The second kappa shape index (κ2) is 6.61. The molecule has 4 nitrogen and oxygen atoms in total. The van der Waals surface area contributed by atoms with Crippen molar-refractivity contribution in [3.8, 4) is 11.1 Å². The van der Waals surface area contributed by atoms with E-state index in [1.54, 1.807) is 0 Å². The van der Waals surface area contributed by atoms with Crippen LogP contribution >= 0.6 is 0 Å². The van der Waals surface area contributed by atoms with Gasteiger partial charge in [-0.1, -0.05) is 63.2 Å². The number of carboxylic acid groups (broad SMARTS) is 1. The Morgan fingerprint density at radius 1 is 1.08 bits per heavy atom. The van der Waals surface area contributed by atoms with Crippen LogP contribution in [-0.4, -0.2) is 35.1 Å². The maximum absolute atomic E-state index is 11.9. The van der Waals surface area contributed by atoms with Crippen molar-refractivity contribution in [2.75, 3.05) is 14.1 Å². The Labute approximate surface area is 154 Å². The van der Waals surface area contributed by atoms with E-state index >= 15 is 0 Å². The van der Waals surface area contributed by atoms with Crippen LogP contribution in [0, 0.1) is 0 Å². The summed E-state index contributed by atoms with van der Waals surface area (Å²) in [7, 11) is 4.06. The Balaban J connectivity index is 2.21. The minimum Gasteiger partial charge on any atom is -0.477 e. The van der Waals surface area contributed by atoms with Crippen LogP contribution in [-0.2, 0) is 12.0 Å². The van der Waals surface area contributed by atoms with Gasteiger partial charge < -0.3 is 15.0 Å². The van der Waals surface area contributed by atoms with Gasteiger partial charge in [-0.05, 0) is 36.2 Å². The first-order valence-electron chi connectivity index (χ1n) is 8.81. The molecule has 3 aromatic rings. The minimum absolute atomic E-state index is 0.0764. The number of carboxylic acids is 1. The Bertz CT molecular complexity index is 945. The van der Waals surface area contributed by atoms with Crippen molar-refractivity contribution < 1.29 is 9.90 Å². The molecule has 0 aliphatic carbocycles. The van der Waals surface area contributed by atoms with Crippen LogP contribution in [0.5, 0.6) is 0 Å². The SMILES string of the molecule is CN(C)Cc1ccc(-c2c(C(=O)O)[nH]c3c(C(C)(C)C)cccc23)cc1. The number of H-pyrrole nitrogens is 1. The Morgan fingerprint density at radius 2 is 1.73 bits per heavy atom. The van der Waals surface area contributed by atoms with Crippen LogP contribution in [0.15, 0.2) is 42.5 Å². The number of fused-ring (bicyclic) bond motifs is 1.